The number of hydrogen-bond donors (Lipinski definition) is 6. The lowest BCUT2D eigenvalue weighted by atomic mass is 9.79. The summed E-state index contributed by atoms with van der Waals surface area (Å²) in [6.45, 7) is 5.01. The van der Waals surface area contributed by atoms with Gasteiger partial charge in [0, 0.05) is 85.7 Å². The van der Waals surface area contributed by atoms with Gasteiger partial charge in [-0.25, -0.2) is 18.8 Å². The predicted octanol–water partition coefficient (Wildman–Crippen LogP) is 16.2. The summed E-state index contributed by atoms with van der Waals surface area (Å²) in [6, 6.07) is 44.5. The molecule has 19 heteroatoms. The highest BCUT2D eigenvalue weighted by Gasteiger charge is 2.49. The van der Waals surface area contributed by atoms with Crippen molar-refractivity contribution in [1.29, 1.82) is 0 Å². The van der Waals surface area contributed by atoms with Crippen LogP contribution >= 0.6 is 45.9 Å². The van der Waals surface area contributed by atoms with E-state index in [4.69, 9.17) is 47.7 Å². The van der Waals surface area contributed by atoms with E-state index in [0.717, 1.165) is 117 Å². The van der Waals surface area contributed by atoms with Crippen molar-refractivity contribution in [3.05, 3.63) is 234 Å². The maximum Gasteiger partial charge on any atom is 0.345 e. The predicted molar refractivity (Wildman–Crippen MR) is 374 cm³/mol. The Hall–Kier alpha value is -7.45. The summed E-state index contributed by atoms with van der Waals surface area (Å²) in [6.07, 6.45) is 14.3. The lowest BCUT2D eigenvalue weighted by Gasteiger charge is -2.24. The zero-order valence-electron chi connectivity index (χ0n) is 53.6. The van der Waals surface area contributed by atoms with Crippen molar-refractivity contribution in [2.45, 2.75) is 139 Å². The molecule has 5 unspecified atom stereocenters. The van der Waals surface area contributed by atoms with Crippen molar-refractivity contribution in [3.8, 4) is 0 Å². The van der Waals surface area contributed by atoms with Gasteiger partial charge in [0.2, 0.25) is 0 Å². The van der Waals surface area contributed by atoms with E-state index in [2.05, 4.69) is 60.2 Å². The number of ketones is 1. The van der Waals surface area contributed by atoms with Gasteiger partial charge in [0.05, 0.1) is 54.2 Å². The molecular formula is C77H81Cl2FN2O12S2. The summed E-state index contributed by atoms with van der Waals surface area (Å²) in [5.74, 6) is -2.39. The zero-order chi connectivity index (χ0) is 68.0. The molecule has 0 radical (unpaired) electrons. The first-order valence-corrected chi connectivity index (χ1v) is 35.2. The average Bonchev–Trinajstić information content (AvgIpc) is 1.59. The quantitative estimate of drug-likeness (QED) is 0.0277. The highest BCUT2D eigenvalue weighted by molar-refractivity contribution is 7.14. The Morgan fingerprint density at radius 2 is 1.35 bits per heavy atom. The number of rotatable bonds is 26. The third-order valence-electron chi connectivity index (χ3n) is 19.4. The topological polar surface area (TPSA) is 238 Å². The number of alkyl halides is 2. The van der Waals surface area contributed by atoms with Crippen LogP contribution < -0.4 is 0 Å². The maximum atomic E-state index is 14.5. The summed E-state index contributed by atoms with van der Waals surface area (Å²) in [4.78, 5) is 56.9. The summed E-state index contributed by atoms with van der Waals surface area (Å²) in [5.41, 5.74) is 6.72. The molecule has 11 atom stereocenters. The number of aliphatic hydroxyl groups excluding tert-OH is 3. The Morgan fingerprint density at radius 1 is 0.646 bits per heavy atom. The van der Waals surface area contributed by atoms with Crippen LogP contribution in [0.2, 0.25) is 0 Å². The van der Waals surface area contributed by atoms with Crippen molar-refractivity contribution in [2.24, 2.45) is 35.5 Å². The number of para-hydroxylation sites is 1. The van der Waals surface area contributed by atoms with Gasteiger partial charge in [-0.2, -0.15) is 0 Å². The molecule has 4 aromatic carbocycles. The first-order valence-electron chi connectivity index (χ1n) is 32.8. The van der Waals surface area contributed by atoms with E-state index in [1.807, 2.05) is 79.2 Å². The second-order valence-corrected chi connectivity index (χ2v) is 29.2. The van der Waals surface area contributed by atoms with Crippen LogP contribution in [0.3, 0.4) is 0 Å². The number of aromatic nitrogens is 2. The van der Waals surface area contributed by atoms with E-state index in [9.17, 15) is 38.9 Å². The monoisotopic (exact) mass is 1380 g/mol. The number of ether oxygens (including phenoxy) is 1. The molecule has 3 aliphatic carbocycles. The van der Waals surface area contributed by atoms with Crippen LogP contribution in [0.1, 0.15) is 138 Å². The van der Waals surface area contributed by atoms with E-state index in [1.165, 1.54) is 28.2 Å². The molecule has 0 aliphatic heterocycles. The Bertz CT molecular complexity index is 4130. The first-order chi connectivity index (χ1) is 46.2. The number of thiophene rings is 2. The van der Waals surface area contributed by atoms with Crippen LogP contribution in [0.25, 0.3) is 21.7 Å². The van der Waals surface area contributed by atoms with Gasteiger partial charge in [-0.15, -0.1) is 34.3 Å². The number of fused-ring (bicyclic) bond motifs is 2. The second kappa shape index (κ2) is 33.2. The van der Waals surface area contributed by atoms with Crippen molar-refractivity contribution < 1.29 is 63.4 Å². The molecule has 12 rings (SSSR count). The molecule has 0 bridgehead atoms. The second-order valence-electron chi connectivity index (χ2n) is 25.9. The number of aryl methyl sites for hydroxylation is 5. The molecule has 0 saturated heterocycles. The highest BCUT2D eigenvalue weighted by atomic mass is 35.5. The zero-order valence-corrected chi connectivity index (χ0v) is 56.7. The Kier molecular flexibility index (Phi) is 24.7. The highest BCUT2D eigenvalue weighted by Crippen LogP contribution is 2.44. The van der Waals surface area contributed by atoms with E-state index < -0.39 is 47.8 Å². The number of carbonyl (C=O) groups is 4. The number of hydrogen-bond acceptors (Lipinski definition) is 13. The first kappa shape index (κ1) is 71.3. The fourth-order valence-electron chi connectivity index (χ4n) is 14.0. The van der Waals surface area contributed by atoms with Gasteiger partial charge in [-0.05, 0) is 177 Å². The van der Waals surface area contributed by atoms with E-state index in [-0.39, 0.29) is 63.6 Å². The van der Waals surface area contributed by atoms with Gasteiger partial charge in [0.1, 0.15) is 27.5 Å². The Balaban J connectivity index is 0.000000157. The number of carboxylic acids is 3. The van der Waals surface area contributed by atoms with E-state index >= 15 is 0 Å². The van der Waals surface area contributed by atoms with Gasteiger partial charge in [-0.1, -0.05) is 110 Å². The van der Waals surface area contributed by atoms with Crippen LogP contribution in [0.4, 0.5) is 4.39 Å². The molecule has 96 heavy (non-hydrogen) atoms. The molecule has 5 aromatic heterocycles. The van der Waals surface area contributed by atoms with Crippen molar-refractivity contribution in [1.82, 2.24) is 9.97 Å². The van der Waals surface area contributed by atoms with Crippen LogP contribution in [-0.2, 0) is 53.7 Å². The van der Waals surface area contributed by atoms with Crippen LogP contribution in [0.15, 0.2) is 180 Å². The number of halogens is 3. The third-order valence-corrected chi connectivity index (χ3v) is 22.6. The van der Waals surface area contributed by atoms with Crippen LogP contribution in [-0.4, -0.2) is 101 Å². The molecule has 0 amide bonds. The molecule has 2 saturated carbocycles. The SMILES string of the molecule is CC(C)(c1ccccc1)c1coc(CC[C@H]2C(Cl)=CC(O)[C@@H]2COCc2ccc(C(=O)O)s2)c1.O=C(O)c1ccc(CCC[C@H]2C(O)C(F)C(Cl)[C@@H]2CCc2ccc3cnccc3c2)s1.O=C(O)c1cccc(CCC[C@H]2C(O)CC(=O)[C@@H]2CCc2cccc3cccnc23)c1. The lowest BCUT2D eigenvalue weighted by Crippen LogP contribution is -2.26. The number of pyridine rings is 2. The van der Waals surface area contributed by atoms with Gasteiger partial charge >= 0.3 is 17.9 Å². The number of carboxylic acid groups (broad SMARTS) is 3. The van der Waals surface area contributed by atoms with E-state index in [1.54, 1.807) is 54.9 Å². The molecule has 2 fully saturated rings. The number of nitrogens with zero attached hydrogens (tertiary/aromatic N) is 2. The van der Waals surface area contributed by atoms with Gasteiger partial charge in [0.25, 0.3) is 0 Å². The molecule has 3 aliphatic rings. The summed E-state index contributed by atoms with van der Waals surface area (Å²) < 4.78 is 26.3. The van der Waals surface area contributed by atoms with Gasteiger partial charge in [-0.3, -0.25) is 14.8 Å². The van der Waals surface area contributed by atoms with E-state index in [0.29, 0.717) is 42.4 Å². The normalized spacial score (nSPS) is 22.4. The minimum absolute atomic E-state index is 0.0229. The summed E-state index contributed by atoms with van der Waals surface area (Å²) in [5, 5.41) is 62.0. The fraction of sp³-hybridized carbons (Fsp3) is 0.377. The van der Waals surface area contributed by atoms with Gasteiger partial charge in [0.15, 0.2) is 0 Å². The molecule has 6 N–H and O–H groups in total. The largest absolute Gasteiger partial charge is 0.478 e. The Labute approximate surface area is 576 Å². The van der Waals surface area contributed by atoms with Crippen molar-refractivity contribution >= 4 is 91.2 Å². The van der Waals surface area contributed by atoms with Crippen molar-refractivity contribution in [2.75, 3.05) is 6.61 Å². The standard InChI is InChI=1S/C27H29ClO5S.C26H27NO4.C24H25ClFNO3S/c1-27(2,17-6-4-3-5-7-17)18-12-19(33-14-18)8-10-21-22(24(29)13-23(21)28)16-32-15-20-9-11-25(34-20)26(30)31;28-23-16-24(29)22(13-12-19-8-3-7-18-10-4-14-27-25(18)19)21(23)11-2-6-17-5-1-9-20(15-17)26(30)31;25-21-18(8-5-14-4-6-16-13-27-11-10-15(16)12-14)19(23(28)22(21)26)3-1-2-17-7-9-20(31-17)24(29)30/h3-7,9,11-14,21-22,24,29H,8,10,15-16H2,1-2H3,(H,30,31);1,3-5,7-10,14-15,21-23,28H,2,6,11-13,16H2,(H,30,31);4,6-7,9-13,18-19,21-23,28H,1-3,5,8H2,(H,29,30)/t21-,22-,24?;21-,22-,23?;18-,19-,21?,22?,23?/m111/s1. The fourth-order valence-corrected chi connectivity index (χ4v) is 16.5. The van der Waals surface area contributed by atoms with Crippen molar-refractivity contribution in [3.63, 3.8) is 0 Å². The maximum absolute atomic E-state index is 14.5. The molecule has 504 valence electrons. The number of furan rings is 1. The number of aliphatic hydroxyl groups is 3. The summed E-state index contributed by atoms with van der Waals surface area (Å²) in [7, 11) is 0. The minimum atomic E-state index is -1.42. The Morgan fingerprint density at radius 3 is 2.11 bits per heavy atom. The number of allylic oxidation sites excluding steroid dienone is 1. The number of aromatic carboxylic acids is 3. The molecule has 0 spiro atoms. The molecule has 14 nitrogen and oxygen atoms in total. The number of carbonyl (C=O) groups excluding carboxylic acids is 1. The molecular weight excluding hydrogens is 1300 g/mol. The number of benzene rings is 4. The van der Waals surface area contributed by atoms with Crippen LogP contribution in [0, 0.1) is 35.5 Å². The third kappa shape index (κ3) is 18.0. The average molecular weight is 1380 g/mol. The minimum Gasteiger partial charge on any atom is -0.478 e. The lowest BCUT2D eigenvalue weighted by molar-refractivity contribution is -0.121. The number of Topliss-reactive ketones (excluding diaryl/α,β-unsaturated/α-hetero) is 1. The molecule has 9 aromatic rings. The van der Waals surface area contributed by atoms with Crippen LogP contribution in [0.5, 0.6) is 0 Å². The van der Waals surface area contributed by atoms with Gasteiger partial charge < -0.3 is 39.8 Å². The smallest absolute Gasteiger partial charge is 0.345 e. The summed E-state index contributed by atoms with van der Waals surface area (Å²) >= 11 is 15.4. The molecule has 5 heterocycles.